The number of amides is 1. The number of hydrogen-bond donors (Lipinski definition) is 1. The van der Waals surface area contributed by atoms with Gasteiger partial charge >= 0.3 is 11.1 Å². The lowest BCUT2D eigenvalue weighted by Gasteiger charge is -1.95. The fourth-order valence-electron chi connectivity index (χ4n) is 0.433. The van der Waals surface area contributed by atoms with E-state index >= 15 is 0 Å². The van der Waals surface area contributed by atoms with E-state index in [9.17, 15) is 14.4 Å². The molecule has 1 amide bonds. The molecule has 1 heterocycles. The normalized spacial score (nSPS) is 9.91. The van der Waals surface area contributed by atoms with Crippen LogP contribution in [0.15, 0.2) is 21.7 Å². The zero-order valence-corrected chi connectivity index (χ0v) is 5.88. The van der Waals surface area contributed by atoms with Crippen molar-refractivity contribution < 1.29 is 4.79 Å². The van der Waals surface area contributed by atoms with Gasteiger partial charge in [-0.3, -0.25) is 19.8 Å². The maximum absolute atomic E-state index is 10.7. The van der Waals surface area contributed by atoms with Gasteiger partial charge in [0.1, 0.15) is 0 Å². The molecule has 0 atom stereocenters. The summed E-state index contributed by atoms with van der Waals surface area (Å²) in [5.74, 6) is -0.524. The molecule has 5 nitrogen and oxygen atoms in total. The van der Waals surface area contributed by atoms with Gasteiger partial charge < -0.3 is 0 Å². The van der Waals surface area contributed by atoms with Gasteiger partial charge in [-0.15, -0.1) is 0 Å². The van der Waals surface area contributed by atoms with Gasteiger partial charge in [0.2, 0.25) is 0 Å². The fraction of sp³-hybridized carbons (Fsp3) is 0.167. The van der Waals surface area contributed by atoms with Crippen molar-refractivity contribution in [3.8, 4) is 0 Å². The van der Waals surface area contributed by atoms with Crippen LogP contribution >= 0.6 is 0 Å². The predicted molar refractivity (Wildman–Crippen MR) is 38.5 cm³/mol. The molecule has 0 saturated heterocycles. The maximum Gasteiger partial charge on any atom is 0.340 e. The summed E-state index contributed by atoms with van der Waals surface area (Å²) in [5.41, 5.74) is 0.907. The summed E-state index contributed by atoms with van der Waals surface area (Å²) in [6, 6.07) is 0. The number of rotatable bonds is 2. The highest BCUT2D eigenvalue weighted by Crippen LogP contribution is 1.85. The first kappa shape index (κ1) is 7.46. The van der Waals surface area contributed by atoms with Crippen molar-refractivity contribution in [2.24, 2.45) is 0 Å². The van der Waals surface area contributed by atoms with Gasteiger partial charge in [0.15, 0.2) is 0 Å². The molecular weight excluding hydrogens is 148 g/mol. The second-order valence-electron chi connectivity index (χ2n) is 2.17. The molecule has 0 aliphatic carbocycles. The van der Waals surface area contributed by atoms with Gasteiger partial charge in [-0.2, -0.15) is 4.68 Å². The lowest BCUT2D eigenvalue weighted by molar-refractivity contribution is -0.113. The molecule has 1 aromatic rings. The van der Waals surface area contributed by atoms with Crippen LogP contribution in [0.3, 0.4) is 0 Å². The van der Waals surface area contributed by atoms with E-state index in [0.717, 1.165) is 0 Å². The van der Waals surface area contributed by atoms with E-state index in [0.29, 0.717) is 4.68 Å². The molecule has 0 aromatic carbocycles. The second kappa shape index (κ2) is 2.19. The highest BCUT2D eigenvalue weighted by molar-refractivity contribution is 5.98. The highest BCUT2D eigenvalue weighted by atomic mass is 16.2. The third-order valence-corrected chi connectivity index (χ3v) is 1.14. The van der Waals surface area contributed by atoms with E-state index in [2.05, 4.69) is 6.58 Å². The Bertz CT molecular complexity index is 356. The number of carbonyl (C=O) groups is 1. The van der Waals surface area contributed by atoms with Crippen molar-refractivity contribution in [3.63, 3.8) is 0 Å². The topological polar surface area (TPSA) is 68.2 Å². The number of nitrogens with zero attached hydrogens (tertiary/aromatic N) is 1. The lowest BCUT2D eigenvalue weighted by Crippen LogP contribution is -2.22. The molecule has 1 aromatic heterocycles. The Balaban J connectivity index is 2.67. The van der Waals surface area contributed by atoms with E-state index < -0.39 is 17.0 Å². The molecule has 0 radical (unpaired) electrons. The molecule has 0 unspecified atom stereocenters. The molecule has 0 fully saturated rings. The molecule has 5 heteroatoms. The van der Waals surface area contributed by atoms with Gasteiger partial charge in [0, 0.05) is 5.57 Å². The Labute approximate surface area is 61.6 Å². The minimum atomic E-state index is -0.695. The van der Waals surface area contributed by atoms with E-state index in [1.165, 1.54) is 6.92 Å². The number of hydrogen-bond acceptors (Lipinski definition) is 3. The fourth-order valence-corrected chi connectivity index (χ4v) is 0.433. The van der Waals surface area contributed by atoms with Crippen LogP contribution in [-0.2, 0) is 4.79 Å². The minimum Gasteiger partial charge on any atom is -0.268 e. The first-order chi connectivity index (χ1) is 5.04. The van der Waals surface area contributed by atoms with E-state index in [-0.39, 0.29) is 5.57 Å². The minimum absolute atomic E-state index is 0.248. The molecule has 0 bridgehead atoms. The van der Waals surface area contributed by atoms with Crippen LogP contribution in [0.4, 0.5) is 0 Å². The monoisotopic (exact) mass is 154 g/mol. The summed E-state index contributed by atoms with van der Waals surface area (Å²) in [7, 11) is 0. The molecule has 0 saturated carbocycles. The van der Waals surface area contributed by atoms with Crippen molar-refractivity contribution in [2.45, 2.75) is 6.92 Å². The van der Waals surface area contributed by atoms with Crippen LogP contribution < -0.4 is 16.5 Å². The Kier molecular flexibility index (Phi) is 1.48. The van der Waals surface area contributed by atoms with Crippen molar-refractivity contribution >= 4 is 5.91 Å². The van der Waals surface area contributed by atoms with Crippen LogP contribution in [0.1, 0.15) is 6.92 Å². The van der Waals surface area contributed by atoms with Crippen LogP contribution in [0, 0.1) is 0 Å². The predicted octanol–water partition coefficient (Wildman–Crippen LogP) is -1.27. The van der Waals surface area contributed by atoms with Crippen molar-refractivity contribution in [3.05, 3.63) is 32.9 Å². The first-order valence-electron chi connectivity index (χ1n) is 2.89. The Morgan fingerprint density at radius 3 is 2.18 bits per heavy atom. The second-order valence-corrected chi connectivity index (χ2v) is 2.17. The average Bonchev–Trinajstić information content (AvgIpc) is 2.45. The average molecular weight is 154 g/mol. The van der Waals surface area contributed by atoms with Crippen molar-refractivity contribution in [2.75, 3.05) is 5.43 Å². The molecule has 1 rings (SSSR count). The van der Waals surface area contributed by atoms with Gasteiger partial charge in [-0.1, -0.05) is 6.58 Å². The van der Waals surface area contributed by atoms with Crippen molar-refractivity contribution in [1.82, 2.24) is 4.68 Å². The van der Waals surface area contributed by atoms with Gasteiger partial charge in [-0.25, -0.2) is 0 Å². The molecule has 1 N–H and O–H groups in total. The molecule has 58 valence electrons. The third kappa shape index (κ3) is 1.26. The summed E-state index contributed by atoms with van der Waals surface area (Å²) in [6.07, 6.45) is 0. The van der Waals surface area contributed by atoms with E-state index in [1.807, 2.05) is 5.43 Å². The summed E-state index contributed by atoms with van der Waals surface area (Å²) in [6.45, 7) is 4.80. The summed E-state index contributed by atoms with van der Waals surface area (Å²) in [5, 5.41) is 0. The first-order valence-corrected chi connectivity index (χ1v) is 2.89. The summed E-state index contributed by atoms with van der Waals surface area (Å²) >= 11 is 0. The Morgan fingerprint density at radius 1 is 1.45 bits per heavy atom. The van der Waals surface area contributed by atoms with Gasteiger partial charge in [0.25, 0.3) is 5.91 Å². The van der Waals surface area contributed by atoms with Crippen LogP contribution in [0.5, 0.6) is 0 Å². The van der Waals surface area contributed by atoms with Gasteiger partial charge in [0.05, 0.1) is 0 Å². The van der Waals surface area contributed by atoms with Crippen LogP contribution in [-0.4, -0.2) is 10.6 Å². The zero-order chi connectivity index (χ0) is 8.59. The molecular formula is C6H6N2O3. The SMILES string of the molecule is C=C(C)C(=O)Nn1c(=O)c1=O. The van der Waals surface area contributed by atoms with Gasteiger partial charge in [-0.05, 0) is 6.92 Å². The lowest BCUT2D eigenvalue weighted by atomic mass is 10.3. The number of aromatic nitrogens is 1. The van der Waals surface area contributed by atoms with E-state index in [1.54, 1.807) is 0 Å². The van der Waals surface area contributed by atoms with E-state index in [4.69, 9.17) is 0 Å². The summed E-state index contributed by atoms with van der Waals surface area (Å²) < 4.78 is 0.636. The molecule has 11 heavy (non-hydrogen) atoms. The molecule has 0 aliphatic heterocycles. The largest absolute Gasteiger partial charge is 0.340 e. The van der Waals surface area contributed by atoms with Crippen LogP contribution in [0.2, 0.25) is 0 Å². The Morgan fingerprint density at radius 2 is 1.91 bits per heavy atom. The maximum atomic E-state index is 10.7. The molecule has 0 aliphatic rings. The third-order valence-electron chi connectivity index (χ3n) is 1.14. The number of nitrogens with one attached hydrogen (secondary N) is 1. The summed E-state index contributed by atoms with van der Waals surface area (Å²) in [4.78, 5) is 31.3. The zero-order valence-electron chi connectivity index (χ0n) is 5.88. The highest BCUT2D eigenvalue weighted by Gasteiger charge is 2.17. The van der Waals surface area contributed by atoms with Crippen molar-refractivity contribution in [1.29, 1.82) is 0 Å². The van der Waals surface area contributed by atoms with Crippen LogP contribution in [0.25, 0.3) is 0 Å². The quantitative estimate of drug-likeness (QED) is 0.426. The molecule has 0 spiro atoms. The standard InChI is InChI=1S/C6H6N2O3/c1-3(2)4(9)7-8-5(10)6(8)11/h1H2,2H3,(H,7,9). The Hall–Kier alpha value is -1.65. The number of carbonyl (C=O) groups excluding carboxylic acids is 1. The smallest absolute Gasteiger partial charge is 0.268 e.